The Kier molecular flexibility index (Phi) is 5.87. The van der Waals surface area contributed by atoms with Gasteiger partial charge >= 0.3 is 5.69 Å². The molecule has 1 saturated heterocycles. The first-order valence-electron chi connectivity index (χ1n) is 12.0. The van der Waals surface area contributed by atoms with Gasteiger partial charge in [-0.05, 0) is 62.3 Å². The number of rotatable bonds is 5. The van der Waals surface area contributed by atoms with Gasteiger partial charge in [0.1, 0.15) is 6.54 Å². The molecule has 32 heavy (non-hydrogen) atoms. The van der Waals surface area contributed by atoms with Crippen LogP contribution in [-0.4, -0.2) is 39.6 Å². The van der Waals surface area contributed by atoms with Crippen molar-refractivity contribution in [3.05, 3.63) is 70.1 Å². The number of carbonyl (C=O) groups is 1. The topological polar surface area (TPSA) is 59.3 Å². The first-order valence-corrected chi connectivity index (χ1v) is 12.0. The number of likely N-dealkylation sites (tertiary alicyclic amines) is 1. The normalized spacial score (nSPS) is 19.7. The number of imidazole rings is 1. The van der Waals surface area contributed by atoms with Crippen molar-refractivity contribution in [2.24, 2.45) is 0 Å². The van der Waals surface area contributed by atoms with Crippen molar-refractivity contribution in [2.45, 2.75) is 57.7 Å². The highest BCUT2D eigenvalue weighted by atomic mass is 16.2. The number of hydrogen-bond donors (Lipinski definition) is 1. The van der Waals surface area contributed by atoms with Crippen LogP contribution in [0.25, 0.3) is 11.0 Å². The van der Waals surface area contributed by atoms with Crippen LogP contribution in [0.15, 0.2) is 53.3 Å². The van der Waals surface area contributed by atoms with E-state index < -0.39 is 0 Å². The zero-order valence-corrected chi connectivity index (χ0v) is 18.8. The zero-order valence-electron chi connectivity index (χ0n) is 18.8. The molecule has 0 radical (unpaired) electrons. The number of carbonyl (C=O) groups excluding carboxylic acids is 1. The third-order valence-corrected chi connectivity index (χ3v) is 7.19. The summed E-state index contributed by atoms with van der Waals surface area (Å²) in [6.45, 7) is 4.51. The Morgan fingerprint density at radius 1 is 1.00 bits per heavy atom. The maximum Gasteiger partial charge on any atom is 0.329 e. The Bertz CT molecular complexity index is 1170. The summed E-state index contributed by atoms with van der Waals surface area (Å²) in [6, 6.07) is 17.4. The van der Waals surface area contributed by atoms with E-state index in [1.165, 1.54) is 30.4 Å². The lowest BCUT2D eigenvalue weighted by atomic mass is 9.86. The number of nitrogens with zero attached hydrogens (tertiary/aromatic N) is 3. The number of fused-ring (bicyclic) bond motifs is 2. The van der Waals surface area contributed by atoms with Gasteiger partial charge in [0.25, 0.3) is 0 Å². The van der Waals surface area contributed by atoms with Gasteiger partial charge in [0.2, 0.25) is 5.91 Å². The van der Waals surface area contributed by atoms with Crippen molar-refractivity contribution in [1.29, 1.82) is 0 Å². The van der Waals surface area contributed by atoms with Crippen LogP contribution in [0.3, 0.4) is 0 Å². The minimum Gasteiger partial charge on any atom is -0.355 e. The molecule has 3 aromatic rings. The van der Waals surface area contributed by atoms with E-state index in [0.29, 0.717) is 12.6 Å². The fraction of sp³-hybridized carbons (Fsp3) is 0.462. The molecule has 1 aliphatic heterocycles. The summed E-state index contributed by atoms with van der Waals surface area (Å²) < 4.78 is 3.57. The van der Waals surface area contributed by atoms with Gasteiger partial charge in [-0.1, -0.05) is 36.4 Å². The second kappa shape index (κ2) is 8.94. The lowest BCUT2D eigenvalue weighted by molar-refractivity contribution is -0.121. The molecule has 168 valence electrons. The quantitative estimate of drug-likeness (QED) is 0.670. The molecule has 1 aromatic heterocycles. The summed E-state index contributed by atoms with van der Waals surface area (Å²) in [5.74, 6) is -0.122. The van der Waals surface area contributed by atoms with Gasteiger partial charge in [0.15, 0.2) is 0 Å². The molecule has 1 amide bonds. The van der Waals surface area contributed by atoms with E-state index in [-0.39, 0.29) is 24.2 Å². The van der Waals surface area contributed by atoms with Gasteiger partial charge in [-0.15, -0.1) is 0 Å². The third-order valence-electron chi connectivity index (χ3n) is 7.19. The molecule has 0 saturated carbocycles. The smallest absolute Gasteiger partial charge is 0.329 e. The van der Waals surface area contributed by atoms with E-state index in [1.807, 2.05) is 35.8 Å². The van der Waals surface area contributed by atoms with E-state index >= 15 is 0 Å². The van der Waals surface area contributed by atoms with Crippen LogP contribution in [0.1, 0.15) is 55.8 Å². The highest BCUT2D eigenvalue weighted by molar-refractivity contribution is 5.81. The van der Waals surface area contributed by atoms with Gasteiger partial charge in [-0.25, -0.2) is 4.79 Å². The Labute approximate surface area is 188 Å². The molecule has 2 aliphatic rings. The Morgan fingerprint density at radius 2 is 1.72 bits per heavy atom. The van der Waals surface area contributed by atoms with Crippen LogP contribution in [-0.2, 0) is 17.8 Å². The van der Waals surface area contributed by atoms with Crippen molar-refractivity contribution >= 4 is 16.9 Å². The van der Waals surface area contributed by atoms with Crippen LogP contribution < -0.4 is 11.0 Å². The highest BCUT2D eigenvalue weighted by Gasteiger charge is 2.31. The van der Waals surface area contributed by atoms with E-state index in [0.717, 1.165) is 37.0 Å². The van der Waals surface area contributed by atoms with E-state index in [2.05, 4.69) is 34.5 Å². The molecule has 6 heteroatoms. The maximum atomic E-state index is 13.4. The van der Waals surface area contributed by atoms with Crippen LogP contribution in [0.2, 0.25) is 0 Å². The fourth-order valence-electron chi connectivity index (χ4n) is 5.70. The van der Waals surface area contributed by atoms with Gasteiger partial charge in [-0.3, -0.25) is 18.8 Å². The fourth-order valence-corrected chi connectivity index (χ4v) is 5.70. The van der Waals surface area contributed by atoms with Crippen LogP contribution in [0.5, 0.6) is 0 Å². The third kappa shape index (κ3) is 3.77. The number of piperidine rings is 1. The second-order valence-corrected chi connectivity index (χ2v) is 9.05. The number of nitrogens with one attached hydrogen (secondary N) is 1. The molecule has 2 aromatic carbocycles. The lowest BCUT2D eigenvalue weighted by Crippen LogP contribution is -2.41. The molecule has 6 nitrogen and oxygen atoms in total. The van der Waals surface area contributed by atoms with E-state index in [9.17, 15) is 9.59 Å². The average molecular weight is 433 g/mol. The number of benzene rings is 2. The number of amides is 1. The molecule has 5 rings (SSSR count). The largest absolute Gasteiger partial charge is 0.355 e. The summed E-state index contributed by atoms with van der Waals surface area (Å²) in [7, 11) is 0. The maximum absolute atomic E-state index is 13.4. The molecule has 0 spiro atoms. The van der Waals surface area contributed by atoms with Crippen molar-refractivity contribution in [3.8, 4) is 0 Å². The molecule has 2 heterocycles. The summed E-state index contributed by atoms with van der Waals surface area (Å²) in [4.78, 5) is 28.3. The first-order chi connectivity index (χ1) is 15.7. The predicted octanol–water partition coefficient (Wildman–Crippen LogP) is 3.65. The molecular formula is C26H32N4O2. The van der Waals surface area contributed by atoms with E-state index in [1.54, 1.807) is 4.57 Å². The summed E-state index contributed by atoms with van der Waals surface area (Å²) in [5, 5.41) is 2.81. The van der Waals surface area contributed by atoms with E-state index in [4.69, 9.17) is 0 Å². The standard InChI is InChI=1S/C26H32N4O2/c1-2-27-25(31)18-29-23-11-5-6-12-24(23)30(26(29)32)20-14-16-28(17-15-20)22-13-7-9-19-8-3-4-10-21(19)22/h3-6,8,10-12,20,22H,2,7,9,13-18H2,1H3,(H,27,31). The summed E-state index contributed by atoms with van der Waals surface area (Å²) in [6.07, 6.45) is 5.55. The Hall–Kier alpha value is -2.86. The molecular weight excluding hydrogens is 400 g/mol. The van der Waals surface area contributed by atoms with Crippen molar-refractivity contribution in [3.63, 3.8) is 0 Å². The lowest BCUT2D eigenvalue weighted by Gasteiger charge is -2.40. The first kappa shape index (κ1) is 21.0. The predicted molar refractivity (Wildman–Crippen MR) is 127 cm³/mol. The minimum absolute atomic E-state index is 0.0674. The summed E-state index contributed by atoms with van der Waals surface area (Å²) in [5.41, 5.74) is 4.69. The average Bonchev–Trinajstić information content (AvgIpc) is 3.10. The Morgan fingerprint density at radius 3 is 2.50 bits per heavy atom. The number of hydrogen-bond acceptors (Lipinski definition) is 3. The Balaban J connectivity index is 1.39. The molecule has 1 fully saturated rings. The highest BCUT2D eigenvalue weighted by Crippen LogP contribution is 2.37. The monoisotopic (exact) mass is 432 g/mol. The molecule has 1 N–H and O–H groups in total. The van der Waals surface area contributed by atoms with Gasteiger partial charge in [0, 0.05) is 31.7 Å². The number of likely N-dealkylation sites (N-methyl/N-ethyl adjacent to an activating group) is 1. The molecule has 1 atom stereocenters. The zero-order chi connectivity index (χ0) is 22.1. The van der Waals surface area contributed by atoms with Crippen LogP contribution in [0.4, 0.5) is 0 Å². The number of aryl methyl sites for hydroxylation is 1. The van der Waals surface area contributed by atoms with Crippen molar-refractivity contribution in [2.75, 3.05) is 19.6 Å². The minimum atomic E-state index is -0.122. The number of aromatic nitrogens is 2. The molecule has 1 aliphatic carbocycles. The SMILES string of the molecule is CCNC(=O)Cn1c(=O)n(C2CCN(C3CCCc4ccccc43)CC2)c2ccccc21. The molecule has 0 bridgehead atoms. The van der Waals surface area contributed by atoms with Crippen LogP contribution >= 0.6 is 0 Å². The van der Waals surface area contributed by atoms with Crippen LogP contribution in [0, 0.1) is 0 Å². The van der Waals surface area contributed by atoms with Crippen molar-refractivity contribution in [1.82, 2.24) is 19.4 Å². The van der Waals surface area contributed by atoms with Gasteiger partial charge in [-0.2, -0.15) is 0 Å². The number of para-hydroxylation sites is 2. The molecule has 1 unspecified atom stereocenters. The second-order valence-electron chi connectivity index (χ2n) is 9.05. The van der Waals surface area contributed by atoms with Crippen molar-refractivity contribution < 1.29 is 4.79 Å². The van der Waals surface area contributed by atoms with Gasteiger partial charge in [0.05, 0.1) is 11.0 Å². The summed E-state index contributed by atoms with van der Waals surface area (Å²) >= 11 is 0. The van der Waals surface area contributed by atoms with Gasteiger partial charge < -0.3 is 5.32 Å².